The third kappa shape index (κ3) is 8.68. The Morgan fingerprint density at radius 1 is 1.03 bits per heavy atom. The second-order valence-electron chi connectivity index (χ2n) is 18.1. The highest BCUT2D eigenvalue weighted by Crippen LogP contribution is 2.53. The molecule has 2 aromatic heterocycles. The predicted molar refractivity (Wildman–Crippen MR) is 216 cm³/mol. The van der Waals surface area contributed by atoms with Gasteiger partial charge in [-0.15, -0.1) is 0 Å². The number of hydrogen-bond acceptors (Lipinski definition) is 12. The number of benzene rings is 1. The van der Waals surface area contributed by atoms with Gasteiger partial charge in [0.05, 0.1) is 36.7 Å². The van der Waals surface area contributed by atoms with E-state index in [0.717, 1.165) is 25.7 Å². The van der Waals surface area contributed by atoms with Crippen molar-refractivity contribution in [3.63, 3.8) is 0 Å². The van der Waals surface area contributed by atoms with Crippen molar-refractivity contribution >= 4 is 52.3 Å². The van der Waals surface area contributed by atoms with Gasteiger partial charge in [0.15, 0.2) is 0 Å². The molecule has 1 saturated heterocycles. The Kier molecular flexibility index (Phi) is 11.2. The molecule has 0 spiro atoms. The van der Waals surface area contributed by atoms with Crippen molar-refractivity contribution in [1.82, 2.24) is 20.2 Å². The van der Waals surface area contributed by atoms with Crippen LogP contribution in [0, 0.1) is 29.1 Å². The molecule has 0 unspecified atom stereocenters. The minimum absolute atomic E-state index is 0.00762. The number of hydrogen-bond donors (Lipinski definition) is 3. The van der Waals surface area contributed by atoms with Crippen LogP contribution < -0.4 is 20.1 Å². The number of likely N-dealkylation sites (tertiary alicyclic amines) is 1. The maximum atomic E-state index is 14.8. The number of ether oxygens (including phenoxy) is 4. The highest BCUT2D eigenvalue weighted by atomic mass is 35.5. The van der Waals surface area contributed by atoms with E-state index in [-0.39, 0.29) is 43.0 Å². The maximum absolute atomic E-state index is 14.8. The first-order valence-corrected chi connectivity index (χ1v) is 21.2. The summed E-state index contributed by atoms with van der Waals surface area (Å²) in [6, 6.07) is 4.82. The summed E-state index contributed by atoms with van der Waals surface area (Å²) in [7, 11) is 1.58. The maximum Gasteiger partial charge on any atom is 0.329 e. The number of fused-ring (bicyclic) bond motifs is 2. The zero-order valence-electron chi connectivity index (χ0n) is 34.3. The van der Waals surface area contributed by atoms with Gasteiger partial charge in [-0.05, 0) is 73.8 Å². The Morgan fingerprint density at radius 2 is 1.80 bits per heavy atom. The quantitative estimate of drug-likeness (QED) is 0.102. The van der Waals surface area contributed by atoms with E-state index in [2.05, 4.69) is 15.6 Å². The van der Waals surface area contributed by atoms with E-state index in [1.165, 1.54) is 17.6 Å². The summed E-state index contributed by atoms with van der Waals surface area (Å²) < 4.78 is 29.4. The number of nitrogens with zero attached hydrogens (tertiary/aromatic N) is 3. The second kappa shape index (κ2) is 16.1. The Balaban J connectivity index is 1.10. The standard InChI is InChI=1S/C43H54ClN5O10/c1-6-24-19-43(24,40(53)54)48-38(51)32-16-27(20-49(32)39(52)29(42(2,3)4)17-35(50)59-26-14-22-13-23(22)15-26)58-34-18-30(31-21-57-41(47-31)45-25-7-8-25)46-37-28(34)9-10-33(36(37)44)56-12-11-55-5/h9-10,18,21-27,29,32H,6-8,11-17,19-20H2,1-5H3,(H,45,47)(H,48,51)(H,53,54)/t22-,23+,24-,26+,27-,29-,32+,43-/m1/s1. The van der Waals surface area contributed by atoms with Gasteiger partial charge in [-0.3, -0.25) is 14.4 Å². The van der Waals surface area contributed by atoms with E-state index in [0.29, 0.717) is 77.1 Å². The van der Waals surface area contributed by atoms with Gasteiger partial charge in [0.2, 0.25) is 11.8 Å². The van der Waals surface area contributed by atoms with Crippen LogP contribution in [0.5, 0.6) is 11.5 Å². The Labute approximate surface area is 348 Å². The number of rotatable bonds is 17. The van der Waals surface area contributed by atoms with Crippen molar-refractivity contribution in [3.05, 3.63) is 29.5 Å². The number of amides is 2. The average Bonchev–Trinajstić information content (AvgIpc) is 4.14. The number of nitrogens with one attached hydrogen (secondary N) is 2. The Bertz CT molecular complexity index is 2110. The van der Waals surface area contributed by atoms with Crippen LogP contribution in [0.1, 0.15) is 85.5 Å². The van der Waals surface area contributed by atoms with E-state index < -0.39 is 52.8 Å². The van der Waals surface area contributed by atoms with Crippen molar-refractivity contribution in [1.29, 1.82) is 0 Å². The Morgan fingerprint density at radius 3 is 2.46 bits per heavy atom. The summed E-state index contributed by atoms with van der Waals surface area (Å²) in [6.45, 7) is 8.15. The molecule has 5 aliphatic rings. The van der Waals surface area contributed by atoms with Crippen LogP contribution in [0.15, 0.2) is 28.9 Å². The molecule has 0 bridgehead atoms. The minimum atomic E-state index is -1.41. The smallest absolute Gasteiger partial charge is 0.329 e. The van der Waals surface area contributed by atoms with Crippen LogP contribution in [-0.2, 0) is 28.7 Å². The van der Waals surface area contributed by atoms with Crippen molar-refractivity contribution in [2.75, 3.05) is 32.2 Å². The number of oxazole rings is 1. The molecule has 59 heavy (non-hydrogen) atoms. The van der Waals surface area contributed by atoms with Gasteiger partial charge >= 0.3 is 11.9 Å². The fourth-order valence-electron chi connectivity index (χ4n) is 8.91. The van der Waals surface area contributed by atoms with Crippen LogP contribution in [0.3, 0.4) is 0 Å². The van der Waals surface area contributed by atoms with Crippen molar-refractivity contribution in [2.24, 2.45) is 29.1 Å². The lowest BCUT2D eigenvalue weighted by Gasteiger charge is -2.35. The number of carbonyl (C=O) groups is 4. The lowest BCUT2D eigenvalue weighted by Crippen LogP contribution is -2.54. The van der Waals surface area contributed by atoms with E-state index in [1.54, 1.807) is 25.3 Å². The molecule has 3 N–H and O–H groups in total. The number of pyridine rings is 1. The third-order valence-corrected chi connectivity index (χ3v) is 13.1. The molecule has 16 heteroatoms. The average molecular weight is 836 g/mol. The van der Waals surface area contributed by atoms with Gasteiger partial charge in [-0.25, -0.2) is 9.78 Å². The number of esters is 1. The van der Waals surface area contributed by atoms with Crippen LogP contribution >= 0.6 is 11.6 Å². The zero-order chi connectivity index (χ0) is 41.8. The Hall–Kier alpha value is -4.63. The van der Waals surface area contributed by atoms with E-state index >= 15 is 0 Å². The fourth-order valence-corrected chi connectivity index (χ4v) is 9.17. The molecule has 0 radical (unpaired) electrons. The predicted octanol–water partition coefficient (Wildman–Crippen LogP) is 6.25. The van der Waals surface area contributed by atoms with Gasteiger partial charge in [-0.2, -0.15) is 4.98 Å². The second-order valence-corrected chi connectivity index (χ2v) is 18.5. The number of methoxy groups -OCH3 is 1. The molecule has 318 valence electrons. The first kappa shape index (κ1) is 41.1. The molecule has 8 rings (SSSR count). The first-order chi connectivity index (χ1) is 28.2. The lowest BCUT2D eigenvalue weighted by atomic mass is 9.77. The molecule has 2 amide bonds. The van der Waals surface area contributed by atoms with Crippen LogP contribution in [-0.4, -0.2) is 100 Å². The summed E-state index contributed by atoms with van der Waals surface area (Å²) in [6.07, 6.45) is 6.38. The summed E-state index contributed by atoms with van der Waals surface area (Å²) in [5.74, 6) is -1.57. The molecule has 15 nitrogen and oxygen atoms in total. The van der Waals surface area contributed by atoms with Gasteiger partial charge in [0.1, 0.15) is 58.9 Å². The zero-order valence-corrected chi connectivity index (χ0v) is 35.0. The van der Waals surface area contributed by atoms with Crippen LogP contribution in [0.2, 0.25) is 5.02 Å². The molecule has 3 heterocycles. The van der Waals surface area contributed by atoms with Gasteiger partial charge in [-0.1, -0.05) is 45.7 Å². The molecule has 4 aliphatic carbocycles. The number of carboxylic acid groups (broad SMARTS) is 1. The van der Waals surface area contributed by atoms with Crippen molar-refractivity contribution in [2.45, 2.75) is 115 Å². The number of carboxylic acids is 1. The third-order valence-electron chi connectivity index (χ3n) is 12.7. The minimum Gasteiger partial charge on any atom is -0.490 e. The number of halogens is 1. The summed E-state index contributed by atoms with van der Waals surface area (Å²) in [5, 5.41) is 17.1. The molecule has 5 fully saturated rings. The SMILES string of the molecule is CC[C@@H]1C[C@]1(NC(=O)[C@@H]1C[C@@H](Oc2cc(-c3coc(NC4CC4)n3)nc3c(Cl)c(OCCOC)ccc23)CN1C(=O)[C@@H](CC(=O)O[C@@H]1C[C@@H]2C[C@@H]2C1)C(C)(C)C)C(=O)O. The highest BCUT2D eigenvalue weighted by molar-refractivity contribution is 6.36. The van der Waals surface area contributed by atoms with Crippen LogP contribution in [0.25, 0.3) is 22.3 Å². The van der Waals surface area contributed by atoms with Crippen molar-refractivity contribution < 1.29 is 47.6 Å². The van der Waals surface area contributed by atoms with Crippen LogP contribution in [0.4, 0.5) is 6.01 Å². The first-order valence-electron chi connectivity index (χ1n) is 20.9. The molecule has 4 saturated carbocycles. The van der Waals surface area contributed by atoms with Gasteiger partial charge in [0.25, 0.3) is 6.01 Å². The lowest BCUT2D eigenvalue weighted by molar-refractivity contribution is -0.157. The fraction of sp³-hybridized carbons (Fsp3) is 0.628. The molecular formula is C43H54ClN5O10. The van der Waals surface area contributed by atoms with E-state index in [1.807, 2.05) is 27.7 Å². The number of anilines is 1. The monoisotopic (exact) mass is 835 g/mol. The van der Waals surface area contributed by atoms with Gasteiger partial charge < -0.3 is 44.0 Å². The number of aliphatic carboxylic acids is 1. The molecule has 8 atom stereocenters. The number of carbonyl (C=O) groups excluding carboxylic acids is 3. The van der Waals surface area contributed by atoms with E-state index in [4.69, 9.17) is 39.9 Å². The molecule has 1 aromatic carbocycles. The largest absolute Gasteiger partial charge is 0.490 e. The summed E-state index contributed by atoms with van der Waals surface area (Å²) >= 11 is 6.95. The molecule has 3 aromatic rings. The topological polar surface area (TPSA) is 192 Å². The molecule has 1 aliphatic heterocycles. The molecular weight excluding hydrogens is 782 g/mol. The van der Waals surface area contributed by atoms with Crippen molar-refractivity contribution in [3.8, 4) is 22.9 Å². The number of aromatic nitrogens is 2. The van der Waals surface area contributed by atoms with E-state index in [9.17, 15) is 24.3 Å². The van der Waals surface area contributed by atoms with Gasteiger partial charge in [0, 0.05) is 31.0 Å². The summed E-state index contributed by atoms with van der Waals surface area (Å²) in [5.41, 5.74) is -0.867. The highest BCUT2D eigenvalue weighted by Gasteiger charge is 2.61. The normalized spacial score (nSPS) is 27.5. The summed E-state index contributed by atoms with van der Waals surface area (Å²) in [4.78, 5) is 65.9.